The van der Waals surface area contributed by atoms with Crippen molar-refractivity contribution >= 4 is 38.9 Å². The van der Waals surface area contributed by atoms with Gasteiger partial charge in [0.15, 0.2) is 0 Å². The van der Waals surface area contributed by atoms with Gasteiger partial charge in [-0.2, -0.15) is 0 Å². The number of carbonyl (C=O) groups is 3. The first-order valence-corrected chi connectivity index (χ1v) is 18.5. The molecule has 0 radical (unpaired) electrons. The first-order valence-electron chi connectivity index (χ1n) is 16.4. The standard InChI is InChI=1S/C34H49N5O6S/c1-24(33(42)37-27-13-7-4-8-14-27)36-23-31(40)30(19-25-11-5-3-6-12-25)38-34(43)26-20-28(35-16-10-18-46(2,44)45)22-29(21-26)39-17-9-15-32(39)41/h3,5-6,11-12,20-22,24,27,30-31,35-36,40H,4,7-10,13-19,23H2,1-2H3,(H,37,42)(H,38,43)/t24-,30-,31-/m0/s1. The molecule has 0 spiro atoms. The Morgan fingerprint density at radius 3 is 2.46 bits per heavy atom. The van der Waals surface area contributed by atoms with Crippen LogP contribution in [0.25, 0.3) is 0 Å². The maximum atomic E-state index is 13.8. The van der Waals surface area contributed by atoms with Crippen LogP contribution in [0, 0.1) is 0 Å². The molecule has 2 aromatic rings. The lowest BCUT2D eigenvalue weighted by molar-refractivity contribution is -0.123. The molecule has 1 saturated heterocycles. The second-order valence-electron chi connectivity index (χ2n) is 12.6. The smallest absolute Gasteiger partial charge is 0.251 e. The highest BCUT2D eigenvalue weighted by molar-refractivity contribution is 7.90. The molecule has 1 saturated carbocycles. The molecule has 1 heterocycles. The van der Waals surface area contributed by atoms with Crippen LogP contribution in [0.2, 0.25) is 0 Å². The first-order chi connectivity index (χ1) is 22.0. The first kappa shape index (κ1) is 35.4. The van der Waals surface area contributed by atoms with E-state index >= 15 is 0 Å². The lowest BCUT2D eigenvalue weighted by Gasteiger charge is -2.28. The Labute approximate surface area is 272 Å². The van der Waals surface area contributed by atoms with Gasteiger partial charge in [0.2, 0.25) is 11.8 Å². The molecule has 4 rings (SSSR count). The fourth-order valence-electron chi connectivity index (χ4n) is 6.00. The highest BCUT2D eigenvalue weighted by Crippen LogP contribution is 2.27. The van der Waals surface area contributed by atoms with Crippen LogP contribution >= 0.6 is 0 Å². The summed E-state index contributed by atoms with van der Waals surface area (Å²) >= 11 is 0. The average Bonchev–Trinajstić information content (AvgIpc) is 3.47. The number of nitrogens with one attached hydrogen (secondary N) is 4. The van der Waals surface area contributed by atoms with E-state index in [4.69, 9.17) is 0 Å². The quantitative estimate of drug-likeness (QED) is 0.173. The Hall–Kier alpha value is -3.48. The van der Waals surface area contributed by atoms with Gasteiger partial charge in [-0.05, 0) is 62.8 Å². The summed E-state index contributed by atoms with van der Waals surface area (Å²) in [5.74, 6) is -0.514. The zero-order valence-electron chi connectivity index (χ0n) is 27.0. The number of anilines is 2. The number of amides is 3. The number of hydrogen-bond acceptors (Lipinski definition) is 8. The highest BCUT2D eigenvalue weighted by Gasteiger charge is 2.27. The van der Waals surface area contributed by atoms with E-state index in [9.17, 15) is 27.9 Å². The van der Waals surface area contributed by atoms with Gasteiger partial charge >= 0.3 is 0 Å². The monoisotopic (exact) mass is 655 g/mol. The number of nitrogens with zero attached hydrogens (tertiary/aromatic N) is 1. The molecule has 46 heavy (non-hydrogen) atoms. The molecule has 3 amide bonds. The van der Waals surface area contributed by atoms with Crippen molar-refractivity contribution in [3.05, 3.63) is 59.7 Å². The summed E-state index contributed by atoms with van der Waals surface area (Å²) in [5.41, 5.74) is 2.41. The topological polar surface area (TPSA) is 157 Å². The van der Waals surface area contributed by atoms with E-state index in [-0.39, 0.29) is 30.2 Å². The predicted octanol–water partition coefficient (Wildman–Crippen LogP) is 2.79. The molecule has 5 N–H and O–H groups in total. The number of sulfone groups is 1. The van der Waals surface area contributed by atoms with Crippen molar-refractivity contribution in [2.75, 3.05) is 41.9 Å². The van der Waals surface area contributed by atoms with Crippen LogP contribution in [-0.4, -0.2) is 87.1 Å². The SMILES string of the molecule is C[C@H](NC[C@H](O)[C@H](Cc1ccccc1)NC(=O)c1cc(NCCCS(C)(=O)=O)cc(N2CCCC2=O)c1)C(=O)NC1CCCCC1. The Morgan fingerprint density at radius 2 is 1.78 bits per heavy atom. The van der Waals surface area contributed by atoms with Crippen LogP contribution in [-0.2, 0) is 25.8 Å². The van der Waals surface area contributed by atoms with E-state index < -0.39 is 33.9 Å². The minimum absolute atomic E-state index is 0.0225. The normalized spacial score (nSPS) is 17.7. The average molecular weight is 656 g/mol. The van der Waals surface area contributed by atoms with Gasteiger partial charge in [0.25, 0.3) is 5.91 Å². The van der Waals surface area contributed by atoms with E-state index in [1.165, 1.54) is 12.7 Å². The van der Waals surface area contributed by atoms with Crippen LogP contribution in [0.1, 0.15) is 74.2 Å². The molecule has 1 aliphatic carbocycles. The molecule has 0 bridgehead atoms. The second-order valence-corrected chi connectivity index (χ2v) is 14.9. The molecule has 0 unspecified atom stereocenters. The molecule has 2 aliphatic rings. The van der Waals surface area contributed by atoms with Crippen LogP contribution < -0.4 is 26.2 Å². The van der Waals surface area contributed by atoms with E-state index in [1.54, 1.807) is 30.0 Å². The number of rotatable bonds is 16. The maximum Gasteiger partial charge on any atom is 0.251 e. The second kappa shape index (κ2) is 16.9. The van der Waals surface area contributed by atoms with Crippen molar-refractivity contribution in [1.82, 2.24) is 16.0 Å². The number of aliphatic hydroxyl groups excluding tert-OH is 1. The summed E-state index contributed by atoms with van der Waals surface area (Å²) in [6.45, 7) is 2.78. The number of benzene rings is 2. The zero-order chi connectivity index (χ0) is 33.1. The summed E-state index contributed by atoms with van der Waals surface area (Å²) in [6.07, 6.45) is 7.49. The van der Waals surface area contributed by atoms with Crippen molar-refractivity contribution < 1.29 is 27.9 Å². The molecule has 3 atom stereocenters. The van der Waals surface area contributed by atoms with Gasteiger partial charge in [0.05, 0.1) is 23.9 Å². The van der Waals surface area contributed by atoms with E-state index in [2.05, 4.69) is 21.3 Å². The van der Waals surface area contributed by atoms with Crippen LogP contribution in [0.3, 0.4) is 0 Å². The van der Waals surface area contributed by atoms with Crippen LogP contribution in [0.15, 0.2) is 48.5 Å². The molecule has 252 valence electrons. The number of carbonyl (C=O) groups excluding carboxylic acids is 3. The van der Waals surface area contributed by atoms with E-state index in [0.29, 0.717) is 49.3 Å². The minimum atomic E-state index is -3.11. The van der Waals surface area contributed by atoms with Crippen molar-refractivity contribution in [3.63, 3.8) is 0 Å². The fourth-order valence-corrected chi connectivity index (χ4v) is 6.67. The number of aliphatic hydroxyl groups is 1. The van der Waals surface area contributed by atoms with Crippen molar-refractivity contribution in [2.45, 2.75) is 88.9 Å². The maximum absolute atomic E-state index is 13.8. The molecule has 2 aromatic carbocycles. The molecule has 12 heteroatoms. The summed E-state index contributed by atoms with van der Waals surface area (Å²) in [7, 11) is -3.11. The summed E-state index contributed by atoms with van der Waals surface area (Å²) in [6, 6.07) is 13.7. The van der Waals surface area contributed by atoms with E-state index in [1.807, 2.05) is 30.3 Å². The summed E-state index contributed by atoms with van der Waals surface area (Å²) in [4.78, 5) is 40.8. The van der Waals surface area contributed by atoms with Gasteiger partial charge in [0.1, 0.15) is 9.84 Å². The number of hydrogen-bond donors (Lipinski definition) is 5. The van der Waals surface area contributed by atoms with Gasteiger partial charge in [0, 0.05) is 55.3 Å². The molecule has 2 fully saturated rings. The molecule has 1 aliphatic heterocycles. The van der Waals surface area contributed by atoms with Crippen LogP contribution in [0.4, 0.5) is 11.4 Å². The minimum Gasteiger partial charge on any atom is -0.390 e. The lowest BCUT2D eigenvalue weighted by atomic mass is 9.95. The fraction of sp³-hybridized carbons (Fsp3) is 0.559. The molecular weight excluding hydrogens is 606 g/mol. The van der Waals surface area contributed by atoms with E-state index in [0.717, 1.165) is 37.7 Å². The molecule has 11 nitrogen and oxygen atoms in total. The zero-order valence-corrected chi connectivity index (χ0v) is 27.8. The summed E-state index contributed by atoms with van der Waals surface area (Å²) < 4.78 is 23.1. The van der Waals surface area contributed by atoms with Gasteiger partial charge in [-0.1, -0.05) is 49.6 Å². The van der Waals surface area contributed by atoms with Gasteiger partial charge < -0.3 is 31.3 Å². The van der Waals surface area contributed by atoms with Crippen molar-refractivity contribution in [2.24, 2.45) is 0 Å². The van der Waals surface area contributed by atoms with Gasteiger partial charge in [-0.3, -0.25) is 14.4 Å². The van der Waals surface area contributed by atoms with Crippen molar-refractivity contribution in [1.29, 1.82) is 0 Å². The van der Waals surface area contributed by atoms with Crippen molar-refractivity contribution in [3.8, 4) is 0 Å². The largest absolute Gasteiger partial charge is 0.390 e. The van der Waals surface area contributed by atoms with Gasteiger partial charge in [-0.25, -0.2) is 8.42 Å². The molecular formula is C34H49N5O6S. The predicted molar refractivity (Wildman–Crippen MR) is 181 cm³/mol. The Morgan fingerprint density at radius 1 is 1.04 bits per heavy atom. The Balaban J connectivity index is 1.47. The summed E-state index contributed by atoms with van der Waals surface area (Å²) in [5, 5.41) is 23.8. The van der Waals surface area contributed by atoms with Gasteiger partial charge in [-0.15, -0.1) is 0 Å². The Kier molecular flexibility index (Phi) is 13.0. The third-order valence-corrected chi connectivity index (χ3v) is 9.67. The third-order valence-electron chi connectivity index (χ3n) is 8.64. The third kappa shape index (κ3) is 11.1. The Bertz CT molecular complexity index is 1430. The van der Waals surface area contributed by atoms with Crippen LogP contribution in [0.5, 0.6) is 0 Å². The highest BCUT2D eigenvalue weighted by atomic mass is 32.2. The molecule has 0 aromatic heterocycles. The lowest BCUT2D eigenvalue weighted by Crippen LogP contribution is -2.53.